The number of rotatable bonds is 3. The van der Waals surface area contributed by atoms with Crippen molar-refractivity contribution in [3.05, 3.63) is 30.1 Å². The molecule has 130 valence electrons. The monoisotopic (exact) mass is 371 g/mol. The van der Waals surface area contributed by atoms with E-state index in [2.05, 4.69) is 10.3 Å². The summed E-state index contributed by atoms with van der Waals surface area (Å²) in [7, 11) is -3.72. The Morgan fingerprint density at radius 2 is 2.08 bits per heavy atom. The molecule has 0 aliphatic carbocycles. The van der Waals surface area contributed by atoms with Gasteiger partial charge < -0.3 is 5.32 Å². The highest BCUT2D eigenvalue weighted by atomic mass is 32.2. The summed E-state index contributed by atoms with van der Waals surface area (Å²) in [5.74, 6) is -0.231. The van der Waals surface area contributed by atoms with E-state index in [0.717, 1.165) is 17.9 Å². The largest absolute Gasteiger partial charge is 0.305 e. The van der Waals surface area contributed by atoms with Crippen LogP contribution >= 0.6 is 11.8 Å². The molecule has 1 aromatic rings. The van der Waals surface area contributed by atoms with Crippen LogP contribution in [0.4, 0.5) is 4.39 Å². The number of carbonyl (C=O) groups excluding carboxylic acids is 1. The van der Waals surface area contributed by atoms with Crippen molar-refractivity contribution in [3.63, 3.8) is 0 Å². The molecule has 2 heterocycles. The third-order valence-electron chi connectivity index (χ3n) is 4.02. The van der Waals surface area contributed by atoms with Gasteiger partial charge in [-0.1, -0.05) is 11.8 Å². The Labute approximate surface area is 144 Å². The normalized spacial score (nSPS) is 22.2. The zero-order chi connectivity index (χ0) is 17.2. The summed E-state index contributed by atoms with van der Waals surface area (Å²) < 4.78 is 39.6. The van der Waals surface area contributed by atoms with Crippen LogP contribution in [0.2, 0.25) is 0 Å². The number of piperidine rings is 1. The summed E-state index contributed by atoms with van der Waals surface area (Å²) in [5, 5.41) is 3.38. The number of benzene rings is 1. The Kier molecular flexibility index (Phi) is 5.21. The number of nitrogens with zero attached hydrogens (tertiary/aromatic N) is 2. The van der Waals surface area contributed by atoms with Crippen molar-refractivity contribution in [3.8, 4) is 0 Å². The minimum atomic E-state index is -3.72. The zero-order valence-electron chi connectivity index (χ0n) is 12.9. The molecule has 2 aliphatic heterocycles. The lowest BCUT2D eigenvalue weighted by atomic mass is 9.99. The van der Waals surface area contributed by atoms with Crippen LogP contribution in [0.5, 0.6) is 0 Å². The molecule has 1 fully saturated rings. The maximum absolute atomic E-state index is 13.0. The van der Waals surface area contributed by atoms with Crippen molar-refractivity contribution >= 4 is 32.9 Å². The van der Waals surface area contributed by atoms with E-state index in [9.17, 15) is 17.6 Å². The molecule has 1 saturated heterocycles. The van der Waals surface area contributed by atoms with Crippen molar-refractivity contribution in [2.45, 2.75) is 17.7 Å². The highest BCUT2D eigenvalue weighted by molar-refractivity contribution is 8.14. The number of halogens is 1. The zero-order valence-corrected chi connectivity index (χ0v) is 14.6. The second-order valence-corrected chi connectivity index (χ2v) is 8.70. The van der Waals surface area contributed by atoms with Crippen LogP contribution in [-0.2, 0) is 14.8 Å². The molecule has 0 spiro atoms. The van der Waals surface area contributed by atoms with Gasteiger partial charge in [-0.2, -0.15) is 4.31 Å². The van der Waals surface area contributed by atoms with E-state index in [1.807, 2.05) is 0 Å². The number of thioether (sulfide) groups is 1. The predicted molar refractivity (Wildman–Crippen MR) is 90.8 cm³/mol. The lowest BCUT2D eigenvalue weighted by Gasteiger charge is -2.31. The van der Waals surface area contributed by atoms with Gasteiger partial charge in [-0.05, 0) is 37.1 Å². The van der Waals surface area contributed by atoms with Gasteiger partial charge >= 0.3 is 0 Å². The number of carbonyl (C=O) groups is 1. The average Bonchev–Trinajstić information content (AvgIpc) is 3.08. The van der Waals surface area contributed by atoms with E-state index >= 15 is 0 Å². The van der Waals surface area contributed by atoms with Crippen LogP contribution in [0.15, 0.2) is 34.2 Å². The third kappa shape index (κ3) is 3.79. The highest BCUT2D eigenvalue weighted by Crippen LogP contribution is 2.24. The van der Waals surface area contributed by atoms with Crippen LogP contribution in [-0.4, -0.2) is 49.2 Å². The third-order valence-corrected chi connectivity index (χ3v) is 6.79. The van der Waals surface area contributed by atoms with Crippen molar-refractivity contribution < 1.29 is 17.6 Å². The molecule has 0 aromatic heterocycles. The van der Waals surface area contributed by atoms with Crippen LogP contribution in [0.3, 0.4) is 0 Å². The maximum Gasteiger partial charge on any atom is 0.243 e. The first-order valence-corrected chi connectivity index (χ1v) is 10.1. The van der Waals surface area contributed by atoms with Gasteiger partial charge in [0.25, 0.3) is 0 Å². The molecule has 1 atom stereocenters. The minimum absolute atomic E-state index is 0.0423. The lowest BCUT2D eigenvalue weighted by molar-refractivity contribution is -0.124. The summed E-state index contributed by atoms with van der Waals surface area (Å²) in [6.45, 7) is 1.18. The first-order valence-electron chi connectivity index (χ1n) is 7.70. The molecule has 1 aromatic carbocycles. The number of aliphatic imine (C=N–C) groups is 1. The van der Waals surface area contributed by atoms with E-state index in [-0.39, 0.29) is 17.3 Å². The Morgan fingerprint density at radius 1 is 1.33 bits per heavy atom. The Morgan fingerprint density at radius 3 is 2.75 bits per heavy atom. The van der Waals surface area contributed by atoms with E-state index in [1.165, 1.54) is 28.2 Å². The first-order chi connectivity index (χ1) is 11.5. The van der Waals surface area contributed by atoms with Gasteiger partial charge in [0.15, 0.2) is 5.17 Å². The van der Waals surface area contributed by atoms with Gasteiger partial charge in [0.05, 0.1) is 17.4 Å². The molecule has 3 rings (SSSR count). The molecule has 2 aliphatic rings. The van der Waals surface area contributed by atoms with Crippen molar-refractivity contribution in [2.24, 2.45) is 10.9 Å². The molecule has 1 N–H and O–H groups in total. The summed E-state index contributed by atoms with van der Waals surface area (Å²) in [6, 6.07) is 4.74. The highest BCUT2D eigenvalue weighted by Gasteiger charge is 2.33. The van der Waals surface area contributed by atoms with Crippen LogP contribution in [0, 0.1) is 11.7 Å². The van der Waals surface area contributed by atoms with Gasteiger partial charge in [-0.3, -0.25) is 9.79 Å². The fraction of sp³-hybridized carbons (Fsp3) is 0.467. The lowest BCUT2D eigenvalue weighted by Crippen LogP contribution is -2.46. The molecule has 24 heavy (non-hydrogen) atoms. The number of amidine groups is 1. The minimum Gasteiger partial charge on any atom is -0.305 e. The molecule has 0 unspecified atom stereocenters. The molecule has 6 nitrogen and oxygen atoms in total. The Bertz CT molecular complexity index is 750. The van der Waals surface area contributed by atoms with Crippen molar-refractivity contribution in [1.29, 1.82) is 0 Å². The summed E-state index contributed by atoms with van der Waals surface area (Å²) in [6.07, 6.45) is 1.25. The first kappa shape index (κ1) is 17.4. The predicted octanol–water partition coefficient (Wildman–Crippen LogP) is 1.45. The molecule has 0 saturated carbocycles. The van der Waals surface area contributed by atoms with E-state index < -0.39 is 21.8 Å². The second kappa shape index (κ2) is 7.20. The SMILES string of the molecule is O=C(NC1=NCCS1)[C@@H]1CCCN(S(=O)(=O)c2ccc(F)cc2)C1. The summed E-state index contributed by atoms with van der Waals surface area (Å²) in [5.41, 5.74) is 0. The van der Waals surface area contributed by atoms with Crippen molar-refractivity contribution in [2.75, 3.05) is 25.4 Å². The number of hydrogen-bond acceptors (Lipinski definition) is 5. The van der Waals surface area contributed by atoms with Crippen LogP contribution < -0.4 is 5.32 Å². The molecule has 9 heteroatoms. The van der Waals surface area contributed by atoms with E-state index in [0.29, 0.717) is 31.1 Å². The Hall–Kier alpha value is -1.45. The van der Waals surface area contributed by atoms with Gasteiger partial charge in [0, 0.05) is 18.8 Å². The topological polar surface area (TPSA) is 78.8 Å². The molecular weight excluding hydrogens is 353 g/mol. The molecule has 1 amide bonds. The quantitative estimate of drug-likeness (QED) is 0.872. The number of nitrogens with one attached hydrogen (secondary N) is 1. The summed E-state index contributed by atoms with van der Waals surface area (Å²) in [4.78, 5) is 16.5. The second-order valence-electron chi connectivity index (χ2n) is 5.68. The number of amides is 1. The average molecular weight is 371 g/mol. The molecule has 0 bridgehead atoms. The smallest absolute Gasteiger partial charge is 0.243 e. The maximum atomic E-state index is 13.0. The molecular formula is C15H18FN3O3S2. The summed E-state index contributed by atoms with van der Waals surface area (Å²) >= 11 is 1.49. The van der Waals surface area contributed by atoms with Crippen molar-refractivity contribution in [1.82, 2.24) is 9.62 Å². The van der Waals surface area contributed by atoms with Gasteiger partial charge in [0.1, 0.15) is 5.82 Å². The van der Waals surface area contributed by atoms with Gasteiger partial charge in [-0.15, -0.1) is 0 Å². The van der Waals surface area contributed by atoms with E-state index in [1.54, 1.807) is 0 Å². The Balaban J connectivity index is 1.70. The molecule has 0 radical (unpaired) electrons. The number of sulfonamides is 1. The van der Waals surface area contributed by atoms with Gasteiger partial charge in [-0.25, -0.2) is 12.8 Å². The fourth-order valence-electron chi connectivity index (χ4n) is 2.75. The van der Waals surface area contributed by atoms with E-state index in [4.69, 9.17) is 0 Å². The number of hydrogen-bond donors (Lipinski definition) is 1. The fourth-order valence-corrected chi connectivity index (χ4v) is 5.00. The van der Waals surface area contributed by atoms with Gasteiger partial charge in [0.2, 0.25) is 15.9 Å². The standard InChI is InChI=1S/C15H18FN3O3S2/c16-12-3-5-13(6-4-12)24(21,22)19-8-1-2-11(10-19)14(20)18-15-17-7-9-23-15/h3-6,11H,1-2,7-10H2,(H,17,18,20)/t11-/m1/s1. The van der Waals surface area contributed by atoms with Crippen LogP contribution in [0.25, 0.3) is 0 Å². The van der Waals surface area contributed by atoms with Crippen LogP contribution in [0.1, 0.15) is 12.8 Å².